The molecule has 0 fully saturated rings. The molecule has 0 unspecified atom stereocenters. The van der Waals surface area contributed by atoms with Crippen LogP contribution in [0.3, 0.4) is 0 Å². The van der Waals surface area contributed by atoms with E-state index in [-0.39, 0.29) is 5.41 Å². The summed E-state index contributed by atoms with van der Waals surface area (Å²) in [7, 11) is 0. The van der Waals surface area contributed by atoms with Crippen molar-refractivity contribution >= 4 is 76.5 Å². The van der Waals surface area contributed by atoms with E-state index < -0.39 is 14.0 Å². The predicted octanol–water partition coefficient (Wildman–Crippen LogP) is 15.5. The van der Waals surface area contributed by atoms with Crippen molar-refractivity contribution in [2.75, 3.05) is 0 Å². The van der Waals surface area contributed by atoms with Crippen molar-refractivity contribution in [1.82, 2.24) is 23.3 Å². The van der Waals surface area contributed by atoms with Crippen molar-refractivity contribution in [2.24, 2.45) is 14.0 Å². The highest BCUT2D eigenvalue weighted by atomic mass is 16.5. The van der Waals surface area contributed by atoms with E-state index in [0.29, 0.717) is 50.0 Å². The van der Waals surface area contributed by atoms with Crippen molar-refractivity contribution in [3.63, 3.8) is 0 Å². The number of fused-ring (bicyclic) bond motifs is 10. The Kier molecular flexibility index (Phi) is 7.92. The van der Waals surface area contributed by atoms with Gasteiger partial charge in [-0.2, -0.15) is 9.13 Å². The summed E-state index contributed by atoms with van der Waals surface area (Å²) in [6.07, 6.45) is 3.83. The Morgan fingerprint density at radius 1 is 0.500 bits per heavy atom. The van der Waals surface area contributed by atoms with Crippen molar-refractivity contribution < 1.29 is 17.5 Å². The second-order valence-corrected chi connectivity index (χ2v) is 19.1. The van der Waals surface area contributed by atoms with Crippen LogP contribution in [0, 0.1) is 0 Å². The average Bonchev–Trinajstić information content (AvgIpc) is 3.89. The van der Waals surface area contributed by atoms with Crippen LogP contribution >= 0.6 is 0 Å². The Bertz CT molecular complexity index is 4610. The van der Waals surface area contributed by atoms with Crippen LogP contribution in [-0.4, -0.2) is 23.3 Å². The first-order valence-electron chi connectivity index (χ1n) is 27.2. The summed E-state index contributed by atoms with van der Waals surface area (Å²) < 4.78 is 71.3. The van der Waals surface area contributed by atoms with Crippen LogP contribution in [-0.2, 0) is 19.4 Å². The Balaban J connectivity index is 0.972. The first kappa shape index (κ1) is 35.8. The van der Waals surface area contributed by atoms with Crippen LogP contribution in [0.1, 0.15) is 33.2 Å². The van der Waals surface area contributed by atoms with E-state index in [0.717, 1.165) is 71.8 Å². The number of hydrogen-bond donors (Lipinski definition) is 0. The number of nitrogens with zero attached hydrogens (tertiary/aromatic N) is 6. The first-order chi connectivity index (χ1) is 37.8. The maximum absolute atomic E-state index is 9.23. The van der Waals surface area contributed by atoms with Crippen LogP contribution in [0.15, 0.2) is 225 Å². The summed E-state index contributed by atoms with van der Waals surface area (Å²) >= 11 is 0. The fraction of sp³-hybridized carbons (Fsp3) is 0.0769. The zero-order chi connectivity index (χ0) is 53.2. The summed E-state index contributed by atoms with van der Waals surface area (Å²) in [5.41, 5.74) is 10.2. The third kappa shape index (κ3) is 6.16. The summed E-state index contributed by atoms with van der Waals surface area (Å²) in [5, 5.41) is 5.06. The number of ether oxygens (including phenoxy) is 1. The van der Waals surface area contributed by atoms with Crippen molar-refractivity contribution in [1.29, 1.82) is 0 Å². The minimum absolute atomic E-state index is 0.276. The van der Waals surface area contributed by atoms with Crippen molar-refractivity contribution in [2.45, 2.75) is 19.3 Å². The minimum Gasteiger partial charge on any atom is -0.457 e. The number of pyridine rings is 1. The number of imidazole rings is 1. The first-order valence-corrected chi connectivity index (χ1v) is 24.2. The Labute approximate surface area is 424 Å². The second-order valence-electron chi connectivity index (χ2n) is 19.1. The molecule has 0 aliphatic heterocycles. The van der Waals surface area contributed by atoms with E-state index in [9.17, 15) is 8.22 Å². The number of para-hydroxylation sites is 5. The lowest BCUT2D eigenvalue weighted by molar-refractivity contribution is -0.564. The smallest absolute Gasteiger partial charge is 0.255 e. The highest BCUT2D eigenvalue weighted by molar-refractivity contribution is 6.30. The molecule has 14 rings (SSSR count). The van der Waals surface area contributed by atoms with Gasteiger partial charge in [0.25, 0.3) is 6.33 Å². The quantitative estimate of drug-likeness (QED) is 0.143. The van der Waals surface area contributed by atoms with Gasteiger partial charge in [-0.25, -0.2) is 4.98 Å². The topological polar surface area (TPSA) is 45.7 Å². The molecule has 9 aromatic carbocycles. The fourth-order valence-corrected chi connectivity index (χ4v) is 11.3. The van der Waals surface area contributed by atoms with E-state index in [1.54, 1.807) is 0 Å². The molecule has 0 aliphatic carbocycles. The molecule has 5 aromatic heterocycles. The average molecular weight is 936 g/mol. The van der Waals surface area contributed by atoms with Crippen LogP contribution in [0.4, 0.5) is 0 Å². The fourth-order valence-electron chi connectivity index (χ4n) is 11.3. The molecule has 0 N–H and O–H groups in total. The Hall–Kier alpha value is -9.20. The number of aryl methyl sites for hydroxylation is 2. The second kappa shape index (κ2) is 15.9. The molecular formula is C65H49N6O+. The molecule has 14 aromatic rings. The molecule has 5 heterocycles. The summed E-state index contributed by atoms with van der Waals surface area (Å²) in [5.74, 6) is 2.03. The normalized spacial score (nSPS) is 13.8. The van der Waals surface area contributed by atoms with E-state index >= 15 is 0 Å². The van der Waals surface area contributed by atoms with E-state index in [2.05, 4.69) is 91.2 Å². The molecule has 344 valence electrons. The highest BCUT2D eigenvalue weighted by Gasteiger charge is 2.31. The van der Waals surface area contributed by atoms with Gasteiger partial charge in [-0.15, -0.1) is 0 Å². The Morgan fingerprint density at radius 2 is 1.10 bits per heavy atom. The van der Waals surface area contributed by atoms with Crippen LogP contribution in [0.5, 0.6) is 11.5 Å². The van der Waals surface area contributed by atoms with E-state index in [1.165, 1.54) is 14.7 Å². The lowest BCUT2D eigenvalue weighted by atomic mass is 9.78. The highest BCUT2D eigenvalue weighted by Crippen LogP contribution is 2.48. The van der Waals surface area contributed by atoms with Crippen molar-refractivity contribution in [3.05, 3.63) is 236 Å². The van der Waals surface area contributed by atoms with Crippen LogP contribution < -0.4 is 9.30 Å². The van der Waals surface area contributed by atoms with Gasteiger partial charge in [0, 0.05) is 94.8 Å². The van der Waals surface area contributed by atoms with E-state index in [4.69, 9.17) is 9.72 Å². The van der Waals surface area contributed by atoms with Gasteiger partial charge in [0.1, 0.15) is 23.0 Å². The van der Waals surface area contributed by atoms with Gasteiger partial charge >= 0.3 is 0 Å². The molecule has 0 spiro atoms. The van der Waals surface area contributed by atoms with Crippen molar-refractivity contribution in [3.8, 4) is 39.8 Å². The molecule has 0 aliphatic rings. The molecule has 0 bridgehead atoms. The molecule has 0 saturated heterocycles. The SMILES string of the molecule is [2H]C([2H])([2H])n1c2ccccc2c2c(-c3ccccc3)c3c4ccccc4n(C([2H])([2H])[2H])c3c(-[n+]3cn(-c4cccc(Oc5ccc6c7ccccc7n(-c7cc(C(C)(C)c8ccccc8)ccn7)c6c5)c4)c4ccccc43)c21. The molecular weight excluding hydrogens is 881 g/mol. The lowest BCUT2D eigenvalue weighted by Crippen LogP contribution is -2.31. The number of rotatable bonds is 8. The predicted molar refractivity (Wildman–Crippen MR) is 295 cm³/mol. The summed E-state index contributed by atoms with van der Waals surface area (Å²) in [6.45, 7) is -0.887. The van der Waals surface area contributed by atoms with Gasteiger partial charge in [0.05, 0.1) is 22.1 Å². The zero-order valence-electron chi connectivity index (χ0n) is 45.5. The monoisotopic (exact) mass is 935 g/mol. The molecule has 0 radical (unpaired) electrons. The largest absolute Gasteiger partial charge is 0.457 e. The molecule has 0 amide bonds. The lowest BCUT2D eigenvalue weighted by Gasteiger charge is -2.26. The number of hydrogen-bond acceptors (Lipinski definition) is 2. The Morgan fingerprint density at radius 3 is 1.81 bits per heavy atom. The summed E-state index contributed by atoms with van der Waals surface area (Å²) in [4.78, 5) is 4.96. The third-order valence-electron chi connectivity index (χ3n) is 14.8. The third-order valence-corrected chi connectivity index (χ3v) is 14.8. The van der Waals surface area contributed by atoms with Crippen LogP contribution in [0.25, 0.3) is 105 Å². The minimum atomic E-state index is -2.68. The molecule has 0 saturated carbocycles. The number of benzene rings is 9. The maximum Gasteiger partial charge on any atom is 0.255 e. The van der Waals surface area contributed by atoms with Gasteiger partial charge < -0.3 is 13.9 Å². The van der Waals surface area contributed by atoms with Gasteiger partial charge in [-0.1, -0.05) is 147 Å². The zero-order valence-corrected chi connectivity index (χ0v) is 39.5. The van der Waals surface area contributed by atoms with Gasteiger partial charge in [0.2, 0.25) is 0 Å². The van der Waals surface area contributed by atoms with Crippen LogP contribution in [0.2, 0.25) is 0 Å². The van der Waals surface area contributed by atoms with Gasteiger partial charge in [0.15, 0.2) is 16.7 Å². The molecule has 72 heavy (non-hydrogen) atoms. The molecule has 7 nitrogen and oxygen atoms in total. The maximum atomic E-state index is 9.23. The summed E-state index contributed by atoms with van der Waals surface area (Å²) in [6, 6.07) is 70.1. The molecule has 7 heteroatoms. The molecule has 0 atom stereocenters. The van der Waals surface area contributed by atoms with Gasteiger partial charge in [-0.3, -0.25) is 4.57 Å². The standard InChI is InChI=1S/C65H49N6O/c1-65(2,43-22-9-6-10-23-43)44-36-37-66-58(38-44)71-54-31-16-11-26-48(54)49-35-34-47(40-57(49)71)72-46-25-19-24-45(39-46)69-41-70(56-33-18-17-32-55(56)69)64-62-60(50-27-12-14-29-52(50)67(62)3)59(42-20-7-5-8-21-42)61-51-28-13-15-30-53(51)68(4)63(61)64/h5-41H,1-4H3/q+1/i3D3,4D3. The number of aromatic nitrogens is 6. The van der Waals surface area contributed by atoms with E-state index in [1.807, 2.05) is 161 Å². The van der Waals surface area contributed by atoms with Gasteiger partial charge in [-0.05, 0) is 83.4 Å².